The Bertz CT molecular complexity index is 1020. The van der Waals surface area contributed by atoms with Gasteiger partial charge in [0.15, 0.2) is 0 Å². The standard InChI is InChI=1S/C25H27N5O/c31-25-22-10-4-5-11-23(22)30(24(27-25)20-7-6-12-26-19-20)18-15-28-13-16-29(17-14-28)21-8-2-1-3-9-21/h1-12,19,24H,13-18H2,(H,27,31). The van der Waals surface area contributed by atoms with Crippen LogP contribution in [0, 0.1) is 0 Å². The Kier molecular flexibility index (Phi) is 5.54. The number of para-hydroxylation sites is 2. The maximum Gasteiger partial charge on any atom is 0.255 e. The molecule has 1 saturated heterocycles. The van der Waals surface area contributed by atoms with E-state index >= 15 is 0 Å². The largest absolute Gasteiger partial charge is 0.369 e. The number of pyridine rings is 1. The lowest BCUT2D eigenvalue weighted by atomic mass is 10.0. The van der Waals surface area contributed by atoms with E-state index in [1.165, 1.54) is 5.69 Å². The highest BCUT2D eigenvalue weighted by Gasteiger charge is 2.32. The van der Waals surface area contributed by atoms with Crippen molar-refractivity contribution < 1.29 is 4.79 Å². The van der Waals surface area contributed by atoms with Crippen molar-refractivity contribution >= 4 is 17.3 Å². The SMILES string of the molecule is O=C1NC(c2cccnc2)N(CCN2CCN(c3ccccc3)CC2)c2ccccc21. The molecule has 2 aromatic carbocycles. The van der Waals surface area contributed by atoms with Crippen LogP contribution in [0.3, 0.4) is 0 Å². The molecule has 3 heterocycles. The summed E-state index contributed by atoms with van der Waals surface area (Å²) in [5.74, 6) is -0.0304. The van der Waals surface area contributed by atoms with Crippen molar-refractivity contribution in [2.75, 3.05) is 49.1 Å². The van der Waals surface area contributed by atoms with Crippen LogP contribution in [-0.2, 0) is 0 Å². The summed E-state index contributed by atoms with van der Waals surface area (Å²) in [4.78, 5) is 24.3. The Hall–Kier alpha value is -3.38. The molecule has 1 fully saturated rings. The second-order valence-electron chi connectivity index (χ2n) is 8.04. The molecule has 2 aliphatic heterocycles. The van der Waals surface area contributed by atoms with Crippen molar-refractivity contribution in [2.45, 2.75) is 6.17 Å². The minimum absolute atomic E-state index is 0.0304. The predicted molar refractivity (Wildman–Crippen MR) is 123 cm³/mol. The second-order valence-corrected chi connectivity index (χ2v) is 8.04. The quantitative estimate of drug-likeness (QED) is 0.696. The topological polar surface area (TPSA) is 51.7 Å². The first-order valence-corrected chi connectivity index (χ1v) is 10.9. The normalized spacial score (nSPS) is 19.1. The van der Waals surface area contributed by atoms with Crippen molar-refractivity contribution in [1.82, 2.24) is 15.2 Å². The molecule has 6 heteroatoms. The number of piperazine rings is 1. The molecule has 5 rings (SSSR count). The van der Waals surface area contributed by atoms with Crippen LogP contribution >= 0.6 is 0 Å². The van der Waals surface area contributed by atoms with Crippen LogP contribution in [0.2, 0.25) is 0 Å². The maximum absolute atomic E-state index is 12.7. The maximum atomic E-state index is 12.7. The average Bonchev–Trinajstić information content (AvgIpc) is 2.85. The molecule has 0 radical (unpaired) electrons. The molecule has 1 aromatic heterocycles. The van der Waals surface area contributed by atoms with Gasteiger partial charge in [-0.05, 0) is 30.3 Å². The highest BCUT2D eigenvalue weighted by atomic mass is 16.2. The van der Waals surface area contributed by atoms with Gasteiger partial charge in [-0.25, -0.2) is 0 Å². The first kappa shape index (κ1) is 19.6. The van der Waals surface area contributed by atoms with Crippen LogP contribution in [0.5, 0.6) is 0 Å². The summed E-state index contributed by atoms with van der Waals surface area (Å²) in [6.45, 7) is 5.92. The van der Waals surface area contributed by atoms with Gasteiger partial charge < -0.3 is 15.1 Å². The second kappa shape index (κ2) is 8.78. The van der Waals surface area contributed by atoms with E-state index in [1.807, 2.05) is 42.6 Å². The first-order chi connectivity index (χ1) is 15.3. The number of benzene rings is 2. The van der Waals surface area contributed by atoms with Gasteiger partial charge in [0.2, 0.25) is 0 Å². The number of carbonyl (C=O) groups is 1. The van der Waals surface area contributed by atoms with Gasteiger partial charge in [-0.15, -0.1) is 0 Å². The minimum atomic E-state index is -0.207. The summed E-state index contributed by atoms with van der Waals surface area (Å²) in [5, 5.41) is 3.18. The molecular formula is C25H27N5O. The minimum Gasteiger partial charge on any atom is -0.369 e. The summed E-state index contributed by atoms with van der Waals surface area (Å²) < 4.78 is 0. The molecule has 0 saturated carbocycles. The zero-order chi connectivity index (χ0) is 21.0. The molecule has 1 amide bonds. The number of nitrogens with one attached hydrogen (secondary N) is 1. The highest BCUT2D eigenvalue weighted by Crippen LogP contribution is 2.32. The molecule has 0 spiro atoms. The smallest absolute Gasteiger partial charge is 0.255 e. The van der Waals surface area contributed by atoms with Crippen LogP contribution < -0.4 is 15.1 Å². The third-order valence-electron chi connectivity index (χ3n) is 6.19. The molecule has 1 atom stereocenters. The van der Waals surface area contributed by atoms with Gasteiger partial charge in [0.25, 0.3) is 5.91 Å². The number of nitrogens with zero attached hydrogens (tertiary/aromatic N) is 4. The Morgan fingerprint density at radius 3 is 2.42 bits per heavy atom. The molecule has 1 unspecified atom stereocenters. The van der Waals surface area contributed by atoms with Crippen LogP contribution in [-0.4, -0.2) is 55.1 Å². The van der Waals surface area contributed by atoms with Crippen molar-refractivity contribution in [1.29, 1.82) is 0 Å². The number of anilines is 2. The van der Waals surface area contributed by atoms with Gasteiger partial charge in [-0.1, -0.05) is 36.4 Å². The number of hydrogen-bond donors (Lipinski definition) is 1. The van der Waals surface area contributed by atoms with Crippen LogP contribution in [0.4, 0.5) is 11.4 Å². The van der Waals surface area contributed by atoms with E-state index < -0.39 is 0 Å². The van der Waals surface area contributed by atoms with Crippen LogP contribution in [0.15, 0.2) is 79.1 Å². The number of rotatable bonds is 5. The Morgan fingerprint density at radius 1 is 0.871 bits per heavy atom. The van der Waals surface area contributed by atoms with E-state index in [4.69, 9.17) is 0 Å². The van der Waals surface area contributed by atoms with E-state index in [1.54, 1.807) is 6.20 Å². The summed E-state index contributed by atoms with van der Waals surface area (Å²) in [6, 6.07) is 22.4. The lowest BCUT2D eigenvalue weighted by Crippen LogP contribution is -2.52. The zero-order valence-electron chi connectivity index (χ0n) is 17.5. The number of aromatic nitrogens is 1. The van der Waals surface area contributed by atoms with E-state index in [-0.39, 0.29) is 12.1 Å². The lowest BCUT2D eigenvalue weighted by molar-refractivity contribution is 0.0925. The van der Waals surface area contributed by atoms with Crippen molar-refractivity contribution in [3.8, 4) is 0 Å². The Balaban J connectivity index is 1.30. The van der Waals surface area contributed by atoms with Gasteiger partial charge in [-0.2, -0.15) is 0 Å². The fraction of sp³-hybridized carbons (Fsp3) is 0.280. The zero-order valence-corrected chi connectivity index (χ0v) is 17.5. The third kappa shape index (κ3) is 4.11. The monoisotopic (exact) mass is 413 g/mol. The molecular weight excluding hydrogens is 386 g/mol. The van der Waals surface area contributed by atoms with Crippen molar-refractivity contribution in [3.05, 3.63) is 90.3 Å². The van der Waals surface area contributed by atoms with Gasteiger partial charge in [-0.3, -0.25) is 14.7 Å². The summed E-state index contributed by atoms with van der Waals surface area (Å²) in [6.07, 6.45) is 3.39. The van der Waals surface area contributed by atoms with E-state index in [9.17, 15) is 4.79 Å². The Labute approximate surface area is 183 Å². The fourth-order valence-corrected chi connectivity index (χ4v) is 4.50. The molecule has 0 bridgehead atoms. The van der Waals surface area contributed by atoms with Gasteiger partial charge in [0.1, 0.15) is 6.17 Å². The highest BCUT2D eigenvalue weighted by molar-refractivity contribution is 6.02. The molecule has 6 nitrogen and oxygen atoms in total. The third-order valence-corrected chi connectivity index (χ3v) is 6.19. The summed E-state index contributed by atoms with van der Waals surface area (Å²) in [7, 11) is 0. The van der Waals surface area contributed by atoms with Gasteiger partial charge in [0.05, 0.1) is 11.3 Å². The molecule has 3 aromatic rings. The molecule has 2 aliphatic rings. The Morgan fingerprint density at radius 2 is 1.65 bits per heavy atom. The summed E-state index contributed by atoms with van der Waals surface area (Å²) in [5.41, 5.74) is 4.02. The van der Waals surface area contributed by atoms with Crippen molar-refractivity contribution in [2.24, 2.45) is 0 Å². The van der Waals surface area contributed by atoms with E-state index in [2.05, 4.69) is 55.3 Å². The van der Waals surface area contributed by atoms with Gasteiger partial charge in [0, 0.05) is 62.9 Å². The fourth-order valence-electron chi connectivity index (χ4n) is 4.50. The molecule has 31 heavy (non-hydrogen) atoms. The number of fused-ring (bicyclic) bond motifs is 1. The predicted octanol–water partition coefficient (Wildman–Crippen LogP) is 3.15. The first-order valence-electron chi connectivity index (χ1n) is 10.9. The molecule has 1 N–H and O–H groups in total. The average molecular weight is 414 g/mol. The van der Waals surface area contributed by atoms with Crippen LogP contribution in [0.25, 0.3) is 0 Å². The van der Waals surface area contributed by atoms with Crippen LogP contribution in [0.1, 0.15) is 22.1 Å². The van der Waals surface area contributed by atoms with Crippen molar-refractivity contribution in [3.63, 3.8) is 0 Å². The van der Waals surface area contributed by atoms with E-state index in [0.29, 0.717) is 0 Å². The van der Waals surface area contributed by atoms with Gasteiger partial charge >= 0.3 is 0 Å². The number of amides is 1. The molecule has 158 valence electrons. The lowest BCUT2D eigenvalue weighted by Gasteiger charge is -2.41. The summed E-state index contributed by atoms with van der Waals surface area (Å²) >= 11 is 0. The number of hydrogen-bond acceptors (Lipinski definition) is 5. The number of carbonyl (C=O) groups excluding carboxylic acids is 1. The molecule has 0 aliphatic carbocycles. The van der Waals surface area contributed by atoms with E-state index in [0.717, 1.165) is 56.1 Å².